The molecule has 0 amide bonds. The lowest BCUT2D eigenvalue weighted by Crippen LogP contribution is -1.83. The first-order valence-electron chi connectivity index (χ1n) is 4.04. The van der Waals surface area contributed by atoms with Gasteiger partial charge in [0.05, 0.1) is 0 Å². The lowest BCUT2D eigenvalue weighted by Gasteiger charge is -1.90. The summed E-state index contributed by atoms with van der Waals surface area (Å²) >= 11 is 0. The highest BCUT2D eigenvalue weighted by Gasteiger charge is 2.04. The van der Waals surface area contributed by atoms with Crippen molar-refractivity contribution in [3.05, 3.63) is 42.6 Å². The lowest BCUT2D eigenvalue weighted by atomic mass is 10.2. The van der Waals surface area contributed by atoms with Crippen LogP contribution in [-0.2, 0) is 0 Å². The Bertz CT molecular complexity index is 348. The van der Waals surface area contributed by atoms with Gasteiger partial charge in [-0.3, -0.25) is 0 Å². The van der Waals surface area contributed by atoms with E-state index in [0.717, 1.165) is 5.57 Å². The van der Waals surface area contributed by atoms with E-state index in [4.69, 9.17) is 4.52 Å². The van der Waals surface area contributed by atoms with E-state index in [2.05, 4.69) is 16.7 Å². The zero-order valence-corrected chi connectivity index (χ0v) is 7.82. The van der Waals surface area contributed by atoms with Crippen LogP contribution in [-0.4, -0.2) is 10.1 Å². The lowest BCUT2D eigenvalue weighted by molar-refractivity contribution is 0.391. The van der Waals surface area contributed by atoms with Gasteiger partial charge < -0.3 is 4.52 Å². The van der Waals surface area contributed by atoms with Crippen LogP contribution in [0, 0.1) is 6.92 Å². The van der Waals surface area contributed by atoms with Gasteiger partial charge in [0.1, 0.15) is 0 Å². The topological polar surface area (TPSA) is 38.9 Å². The Hall–Kier alpha value is -1.64. The summed E-state index contributed by atoms with van der Waals surface area (Å²) in [5, 5.41) is 3.80. The van der Waals surface area contributed by atoms with E-state index in [1.54, 1.807) is 13.0 Å². The number of hydrogen-bond donors (Lipinski definition) is 0. The van der Waals surface area contributed by atoms with E-state index >= 15 is 0 Å². The Morgan fingerprint density at radius 3 is 2.77 bits per heavy atom. The predicted molar refractivity (Wildman–Crippen MR) is 52.0 cm³/mol. The van der Waals surface area contributed by atoms with Crippen LogP contribution in [0.2, 0.25) is 0 Å². The fourth-order valence-corrected chi connectivity index (χ4v) is 0.928. The van der Waals surface area contributed by atoms with Crippen molar-refractivity contribution in [1.82, 2.24) is 10.1 Å². The minimum atomic E-state index is 0.564. The van der Waals surface area contributed by atoms with Crippen molar-refractivity contribution in [2.75, 3.05) is 0 Å². The molecule has 0 aliphatic heterocycles. The van der Waals surface area contributed by atoms with Crippen molar-refractivity contribution in [3.63, 3.8) is 0 Å². The van der Waals surface area contributed by atoms with E-state index in [9.17, 15) is 0 Å². The molecule has 0 aliphatic rings. The Balaban J connectivity index is 3.01. The number of hydrogen-bond acceptors (Lipinski definition) is 3. The summed E-state index contributed by atoms with van der Waals surface area (Å²) in [5.74, 6) is 1.16. The van der Waals surface area contributed by atoms with Crippen molar-refractivity contribution in [1.29, 1.82) is 0 Å². The van der Waals surface area contributed by atoms with E-state index < -0.39 is 0 Å². The van der Waals surface area contributed by atoms with Gasteiger partial charge >= 0.3 is 0 Å². The third-order valence-corrected chi connectivity index (χ3v) is 1.43. The van der Waals surface area contributed by atoms with Gasteiger partial charge in [-0.1, -0.05) is 36.0 Å². The predicted octanol–water partition coefficient (Wildman–Crippen LogP) is 2.52. The standard InChI is InChI=1S/C10H12N2O/c1-4-6-9(7-5-2)10-11-8(3)13-12-10/h4-7H,1H2,2-3H3. The molecule has 68 valence electrons. The molecule has 0 aliphatic carbocycles. The van der Waals surface area contributed by atoms with Crippen molar-refractivity contribution < 1.29 is 4.52 Å². The molecule has 1 heterocycles. The molecule has 0 aromatic carbocycles. The van der Waals surface area contributed by atoms with Crippen LogP contribution in [0.5, 0.6) is 0 Å². The molecule has 1 aromatic rings. The molecule has 0 saturated carbocycles. The van der Waals surface area contributed by atoms with Crippen LogP contribution < -0.4 is 0 Å². The number of aromatic nitrogens is 2. The molecule has 0 radical (unpaired) electrons. The van der Waals surface area contributed by atoms with Crippen LogP contribution >= 0.6 is 0 Å². The average molecular weight is 176 g/mol. The fraction of sp³-hybridized carbons (Fsp3) is 0.200. The largest absolute Gasteiger partial charge is 0.339 e. The molecular formula is C10H12N2O. The van der Waals surface area contributed by atoms with Crippen LogP contribution in [0.4, 0.5) is 0 Å². The van der Waals surface area contributed by atoms with Crippen molar-refractivity contribution >= 4 is 5.57 Å². The van der Waals surface area contributed by atoms with Gasteiger partial charge in [-0.25, -0.2) is 0 Å². The van der Waals surface area contributed by atoms with Gasteiger partial charge in [-0.05, 0) is 6.92 Å². The smallest absolute Gasteiger partial charge is 0.223 e. The maximum atomic E-state index is 4.87. The fourth-order valence-electron chi connectivity index (χ4n) is 0.928. The number of rotatable bonds is 3. The van der Waals surface area contributed by atoms with Crippen LogP contribution in [0.25, 0.3) is 5.57 Å². The molecule has 0 saturated heterocycles. The van der Waals surface area contributed by atoms with Crippen molar-refractivity contribution in [2.45, 2.75) is 13.8 Å². The highest BCUT2D eigenvalue weighted by Crippen LogP contribution is 2.11. The summed E-state index contributed by atoms with van der Waals surface area (Å²) in [6.07, 6.45) is 7.36. The molecule has 1 rings (SSSR count). The van der Waals surface area contributed by atoms with Gasteiger partial charge in [0.2, 0.25) is 11.7 Å². The Morgan fingerprint density at radius 1 is 1.54 bits per heavy atom. The number of aryl methyl sites for hydroxylation is 1. The SMILES string of the molecule is C=CC=C(C=CC)c1noc(C)n1. The third-order valence-electron chi connectivity index (χ3n) is 1.43. The molecule has 3 nitrogen and oxygen atoms in total. The zero-order chi connectivity index (χ0) is 9.68. The Kier molecular flexibility index (Phi) is 3.20. The zero-order valence-electron chi connectivity index (χ0n) is 7.82. The summed E-state index contributed by atoms with van der Waals surface area (Å²) < 4.78 is 4.87. The maximum Gasteiger partial charge on any atom is 0.223 e. The minimum Gasteiger partial charge on any atom is -0.339 e. The first-order chi connectivity index (χ1) is 6.27. The Labute approximate surface area is 77.5 Å². The summed E-state index contributed by atoms with van der Waals surface area (Å²) in [6, 6.07) is 0. The molecule has 0 bridgehead atoms. The van der Waals surface area contributed by atoms with Crippen LogP contribution in [0.15, 0.2) is 35.4 Å². The van der Waals surface area contributed by atoms with Gasteiger partial charge in [0.25, 0.3) is 0 Å². The molecule has 3 heteroatoms. The quantitative estimate of drug-likeness (QED) is 0.664. The molecule has 1 aromatic heterocycles. The monoisotopic (exact) mass is 176 g/mol. The molecular weight excluding hydrogens is 164 g/mol. The normalized spacial score (nSPS) is 12.3. The summed E-state index contributed by atoms with van der Waals surface area (Å²) in [5.41, 5.74) is 0.898. The highest BCUT2D eigenvalue weighted by molar-refractivity contribution is 5.70. The molecule has 0 N–H and O–H groups in total. The second-order valence-corrected chi connectivity index (χ2v) is 2.49. The van der Waals surface area contributed by atoms with Gasteiger partial charge in [0, 0.05) is 12.5 Å². The number of allylic oxidation sites excluding steroid dienone is 5. The minimum absolute atomic E-state index is 0.564. The van der Waals surface area contributed by atoms with Gasteiger partial charge in [-0.15, -0.1) is 0 Å². The van der Waals surface area contributed by atoms with Crippen LogP contribution in [0.3, 0.4) is 0 Å². The van der Waals surface area contributed by atoms with Gasteiger partial charge in [-0.2, -0.15) is 4.98 Å². The second kappa shape index (κ2) is 4.40. The van der Waals surface area contributed by atoms with Gasteiger partial charge in [0.15, 0.2) is 0 Å². The number of nitrogens with zero attached hydrogens (tertiary/aromatic N) is 2. The molecule has 0 fully saturated rings. The van der Waals surface area contributed by atoms with Crippen molar-refractivity contribution in [3.8, 4) is 0 Å². The Morgan fingerprint density at radius 2 is 2.31 bits per heavy atom. The third kappa shape index (κ3) is 2.40. The van der Waals surface area contributed by atoms with Crippen molar-refractivity contribution in [2.24, 2.45) is 0 Å². The van der Waals surface area contributed by atoms with E-state index in [0.29, 0.717) is 11.7 Å². The average Bonchev–Trinajstić information content (AvgIpc) is 2.51. The summed E-state index contributed by atoms with van der Waals surface area (Å²) in [7, 11) is 0. The van der Waals surface area contributed by atoms with E-state index in [-0.39, 0.29) is 0 Å². The molecule has 13 heavy (non-hydrogen) atoms. The highest BCUT2D eigenvalue weighted by atomic mass is 16.5. The second-order valence-electron chi connectivity index (χ2n) is 2.49. The molecule has 0 atom stereocenters. The summed E-state index contributed by atoms with van der Waals surface area (Å²) in [4.78, 5) is 4.10. The van der Waals surface area contributed by atoms with E-state index in [1.165, 1.54) is 0 Å². The summed E-state index contributed by atoms with van der Waals surface area (Å²) in [6.45, 7) is 7.31. The van der Waals surface area contributed by atoms with Crippen LogP contribution in [0.1, 0.15) is 18.6 Å². The van der Waals surface area contributed by atoms with E-state index in [1.807, 2.05) is 25.2 Å². The molecule has 0 spiro atoms. The maximum absolute atomic E-state index is 4.87. The first kappa shape index (κ1) is 9.45. The molecule has 0 unspecified atom stereocenters. The first-order valence-corrected chi connectivity index (χ1v) is 4.04.